The summed E-state index contributed by atoms with van der Waals surface area (Å²) >= 11 is 5.84. The molecular formula is C13H15ClN2O3. The maximum Gasteiger partial charge on any atom is 0.331 e. The van der Waals surface area contributed by atoms with Crippen molar-refractivity contribution in [2.24, 2.45) is 0 Å². The van der Waals surface area contributed by atoms with Gasteiger partial charge in [-0.1, -0.05) is 11.6 Å². The number of ether oxygens (including phenoxy) is 1. The number of aryl methyl sites for hydroxylation is 1. The second kappa shape index (κ2) is 5.09. The van der Waals surface area contributed by atoms with E-state index in [1.165, 1.54) is 7.11 Å². The molecular weight excluding hydrogens is 268 g/mol. The highest BCUT2D eigenvalue weighted by atomic mass is 35.5. The maximum absolute atomic E-state index is 11.9. The monoisotopic (exact) mass is 282 g/mol. The first-order valence-corrected chi connectivity index (χ1v) is 6.28. The summed E-state index contributed by atoms with van der Waals surface area (Å²) in [5, 5.41) is 5.95. The van der Waals surface area contributed by atoms with Gasteiger partial charge < -0.3 is 15.4 Å². The number of halogens is 1. The van der Waals surface area contributed by atoms with E-state index in [0.29, 0.717) is 23.6 Å². The molecule has 2 N–H and O–H groups in total. The Bertz CT molecular complexity index is 527. The number of carbonyl (C=O) groups is 2. The third-order valence-electron chi connectivity index (χ3n) is 3.12. The molecule has 1 fully saturated rings. The molecule has 0 spiro atoms. The summed E-state index contributed by atoms with van der Waals surface area (Å²) < 4.78 is 4.67. The molecule has 1 aliphatic rings. The molecule has 1 saturated carbocycles. The van der Waals surface area contributed by atoms with Gasteiger partial charge in [-0.05, 0) is 43.5 Å². The first-order chi connectivity index (χ1) is 8.97. The van der Waals surface area contributed by atoms with Crippen LogP contribution in [0.1, 0.15) is 18.4 Å². The van der Waals surface area contributed by atoms with E-state index in [2.05, 4.69) is 15.4 Å². The average Bonchev–Trinajstić information content (AvgIpc) is 3.12. The summed E-state index contributed by atoms with van der Waals surface area (Å²) in [6, 6.07) is 4.74. The van der Waals surface area contributed by atoms with Crippen LogP contribution >= 0.6 is 11.6 Å². The van der Waals surface area contributed by atoms with Crippen molar-refractivity contribution in [3.63, 3.8) is 0 Å². The van der Waals surface area contributed by atoms with E-state index < -0.39 is 17.5 Å². The first-order valence-electron chi connectivity index (χ1n) is 5.90. The largest absolute Gasteiger partial charge is 0.467 e. The number of rotatable bonds is 3. The lowest BCUT2D eigenvalue weighted by molar-refractivity contribution is -0.144. The van der Waals surface area contributed by atoms with Gasteiger partial charge in [0.1, 0.15) is 5.54 Å². The van der Waals surface area contributed by atoms with Crippen LogP contribution in [0.5, 0.6) is 0 Å². The van der Waals surface area contributed by atoms with Crippen LogP contribution < -0.4 is 10.6 Å². The zero-order valence-corrected chi connectivity index (χ0v) is 11.5. The smallest absolute Gasteiger partial charge is 0.331 e. The Balaban J connectivity index is 2.00. The van der Waals surface area contributed by atoms with Gasteiger partial charge in [-0.25, -0.2) is 9.59 Å². The molecule has 0 bridgehead atoms. The van der Waals surface area contributed by atoms with E-state index in [9.17, 15) is 9.59 Å². The van der Waals surface area contributed by atoms with Crippen molar-refractivity contribution < 1.29 is 14.3 Å². The van der Waals surface area contributed by atoms with Gasteiger partial charge >= 0.3 is 12.0 Å². The Labute approximate surface area is 116 Å². The van der Waals surface area contributed by atoms with Crippen LogP contribution in [0.2, 0.25) is 5.02 Å². The van der Waals surface area contributed by atoms with E-state index >= 15 is 0 Å². The minimum Gasteiger partial charge on any atom is -0.467 e. The van der Waals surface area contributed by atoms with Gasteiger partial charge in [0.05, 0.1) is 7.11 Å². The molecule has 6 heteroatoms. The molecule has 0 aromatic heterocycles. The number of benzene rings is 1. The van der Waals surface area contributed by atoms with Crippen LogP contribution in [0.15, 0.2) is 18.2 Å². The maximum atomic E-state index is 11.9. The van der Waals surface area contributed by atoms with Gasteiger partial charge in [0.2, 0.25) is 0 Å². The van der Waals surface area contributed by atoms with Crippen LogP contribution in [-0.2, 0) is 9.53 Å². The topological polar surface area (TPSA) is 67.4 Å². The molecule has 0 heterocycles. The van der Waals surface area contributed by atoms with Crippen LogP contribution in [0, 0.1) is 6.92 Å². The molecule has 1 aliphatic carbocycles. The number of anilines is 1. The van der Waals surface area contributed by atoms with Crippen molar-refractivity contribution in [3.8, 4) is 0 Å². The minimum absolute atomic E-state index is 0.407. The van der Waals surface area contributed by atoms with Crippen molar-refractivity contribution in [2.45, 2.75) is 25.3 Å². The molecule has 5 nitrogen and oxygen atoms in total. The van der Waals surface area contributed by atoms with Crippen molar-refractivity contribution in [1.29, 1.82) is 0 Å². The lowest BCUT2D eigenvalue weighted by atomic mass is 10.2. The highest BCUT2D eigenvalue weighted by molar-refractivity contribution is 6.30. The number of hydrogen-bond acceptors (Lipinski definition) is 3. The molecule has 0 radical (unpaired) electrons. The normalized spacial score (nSPS) is 15.5. The highest BCUT2D eigenvalue weighted by Crippen LogP contribution is 2.36. The SMILES string of the molecule is COC(=O)C1(NC(=O)Nc2ccc(Cl)cc2C)CC1. The molecule has 0 aliphatic heterocycles. The lowest BCUT2D eigenvalue weighted by Gasteiger charge is -2.16. The van der Waals surface area contributed by atoms with Crippen molar-refractivity contribution >= 4 is 29.3 Å². The number of amides is 2. The molecule has 2 rings (SSSR count). The fourth-order valence-corrected chi connectivity index (χ4v) is 2.07. The van der Waals surface area contributed by atoms with Crippen molar-refractivity contribution in [3.05, 3.63) is 28.8 Å². The summed E-state index contributed by atoms with van der Waals surface area (Å²) in [6.45, 7) is 1.84. The van der Waals surface area contributed by atoms with Gasteiger partial charge in [-0.2, -0.15) is 0 Å². The van der Waals surface area contributed by atoms with Crippen molar-refractivity contribution in [1.82, 2.24) is 5.32 Å². The van der Waals surface area contributed by atoms with Gasteiger partial charge in [-0.3, -0.25) is 0 Å². The Hall–Kier alpha value is -1.75. The molecule has 2 amide bonds. The Kier molecular flexibility index (Phi) is 3.66. The zero-order valence-electron chi connectivity index (χ0n) is 10.7. The average molecular weight is 283 g/mol. The molecule has 1 aromatic rings. The number of hydrogen-bond donors (Lipinski definition) is 2. The molecule has 0 atom stereocenters. The quantitative estimate of drug-likeness (QED) is 0.837. The van der Waals surface area contributed by atoms with Gasteiger partial charge in [0, 0.05) is 10.7 Å². The molecule has 102 valence electrons. The minimum atomic E-state index is -0.848. The van der Waals surface area contributed by atoms with Gasteiger partial charge in [0.15, 0.2) is 0 Å². The predicted octanol–water partition coefficient (Wildman–Crippen LogP) is 2.48. The predicted molar refractivity (Wildman–Crippen MR) is 72.3 cm³/mol. The summed E-state index contributed by atoms with van der Waals surface area (Å²) in [6.07, 6.45) is 1.21. The lowest BCUT2D eigenvalue weighted by Crippen LogP contribution is -2.45. The van der Waals surface area contributed by atoms with E-state index in [-0.39, 0.29) is 0 Å². The van der Waals surface area contributed by atoms with Crippen molar-refractivity contribution in [2.75, 3.05) is 12.4 Å². The highest BCUT2D eigenvalue weighted by Gasteiger charge is 2.52. The molecule has 0 saturated heterocycles. The molecule has 1 aromatic carbocycles. The second-order valence-electron chi connectivity index (χ2n) is 4.61. The first kappa shape index (κ1) is 13.7. The Morgan fingerprint density at radius 1 is 1.37 bits per heavy atom. The van der Waals surface area contributed by atoms with E-state index in [1.807, 2.05) is 6.92 Å². The Morgan fingerprint density at radius 2 is 2.05 bits per heavy atom. The molecule has 19 heavy (non-hydrogen) atoms. The third kappa shape index (κ3) is 2.98. The van der Waals surface area contributed by atoms with E-state index in [4.69, 9.17) is 11.6 Å². The summed E-state index contributed by atoms with van der Waals surface area (Å²) in [5.74, 6) is -0.407. The second-order valence-corrected chi connectivity index (χ2v) is 5.05. The Morgan fingerprint density at radius 3 is 2.58 bits per heavy atom. The fourth-order valence-electron chi connectivity index (χ4n) is 1.84. The van der Waals surface area contributed by atoms with E-state index in [0.717, 1.165) is 5.56 Å². The number of esters is 1. The van der Waals surface area contributed by atoms with Gasteiger partial charge in [0.25, 0.3) is 0 Å². The summed E-state index contributed by atoms with van der Waals surface area (Å²) in [5.41, 5.74) is 0.659. The van der Waals surface area contributed by atoms with Crippen LogP contribution in [-0.4, -0.2) is 24.6 Å². The fraction of sp³-hybridized carbons (Fsp3) is 0.385. The van der Waals surface area contributed by atoms with Crippen LogP contribution in [0.25, 0.3) is 0 Å². The van der Waals surface area contributed by atoms with E-state index in [1.54, 1.807) is 18.2 Å². The third-order valence-corrected chi connectivity index (χ3v) is 3.35. The number of carbonyl (C=O) groups excluding carboxylic acids is 2. The number of nitrogens with one attached hydrogen (secondary N) is 2. The molecule has 0 unspecified atom stereocenters. The summed E-state index contributed by atoms with van der Waals surface area (Å²) in [7, 11) is 1.31. The van der Waals surface area contributed by atoms with Gasteiger partial charge in [-0.15, -0.1) is 0 Å². The van der Waals surface area contributed by atoms with Crippen LogP contribution in [0.3, 0.4) is 0 Å². The number of methoxy groups -OCH3 is 1. The summed E-state index contributed by atoms with van der Waals surface area (Å²) in [4.78, 5) is 23.4. The standard InChI is InChI=1S/C13H15ClN2O3/c1-8-7-9(14)3-4-10(8)15-12(18)16-13(5-6-13)11(17)19-2/h3-4,7H,5-6H2,1-2H3,(H2,15,16,18). The number of urea groups is 1. The zero-order chi connectivity index (χ0) is 14.0. The van der Waals surface area contributed by atoms with Crippen LogP contribution in [0.4, 0.5) is 10.5 Å².